The maximum atomic E-state index is 11.2. The second-order valence-corrected chi connectivity index (χ2v) is 6.17. The molecule has 0 saturated heterocycles. The van der Waals surface area contributed by atoms with Crippen molar-refractivity contribution in [2.24, 2.45) is 5.73 Å². The average molecular weight is 321 g/mol. The third kappa shape index (κ3) is 2.95. The lowest BCUT2D eigenvalue weighted by molar-refractivity contribution is -0.117. The standard InChI is InChI=1S/C18H19N5O/c19-16(24)11-17-20-18(15-7-4-10-22(15)14-8-9-14)23(21-17)12-13-5-2-1-3-6-13/h1-7,10,14H,8-9,11-12H2,(H2,19,24). The summed E-state index contributed by atoms with van der Waals surface area (Å²) in [5.74, 6) is 0.833. The van der Waals surface area contributed by atoms with Crippen molar-refractivity contribution in [3.05, 3.63) is 60.0 Å². The third-order valence-electron chi connectivity index (χ3n) is 4.17. The monoisotopic (exact) mass is 321 g/mol. The van der Waals surface area contributed by atoms with E-state index in [2.05, 4.69) is 39.0 Å². The van der Waals surface area contributed by atoms with Gasteiger partial charge < -0.3 is 10.3 Å². The van der Waals surface area contributed by atoms with E-state index in [4.69, 9.17) is 5.73 Å². The molecule has 2 heterocycles. The molecule has 4 rings (SSSR count). The van der Waals surface area contributed by atoms with Crippen molar-refractivity contribution >= 4 is 5.91 Å². The van der Waals surface area contributed by atoms with Gasteiger partial charge in [-0.25, -0.2) is 9.67 Å². The Kier molecular flexibility index (Phi) is 3.65. The smallest absolute Gasteiger partial charge is 0.225 e. The topological polar surface area (TPSA) is 78.7 Å². The predicted octanol–water partition coefficient (Wildman–Crippen LogP) is 2.16. The number of nitrogens with zero attached hydrogens (tertiary/aromatic N) is 4. The number of benzene rings is 1. The molecule has 0 bridgehead atoms. The van der Waals surface area contributed by atoms with Crippen molar-refractivity contribution in [1.29, 1.82) is 0 Å². The van der Waals surface area contributed by atoms with E-state index in [0.717, 1.165) is 17.1 Å². The molecular weight excluding hydrogens is 302 g/mol. The summed E-state index contributed by atoms with van der Waals surface area (Å²) in [4.78, 5) is 15.8. The summed E-state index contributed by atoms with van der Waals surface area (Å²) in [5, 5.41) is 4.51. The highest BCUT2D eigenvalue weighted by Gasteiger charge is 2.27. The van der Waals surface area contributed by atoms with E-state index in [0.29, 0.717) is 18.4 Å². The van der Waals surface area contributed by atoms with E-state index in [1.165, 1.54) is 12.8 Å². The molecule has 2 N–H and O–H groups in total. The first kappa shape index (κ1) is 14.7. The normalized spacial score (nSPS) is 14.0. The van der Waals surface area contributed by atoms with Crippen LogP contribution in [0.4, 0.5) is 0 Å². The molecule has 0 radical (unpaired) electrons. The van der Waals surface area contributed by atoms with E-state index in [-0.39, 0.29) is 6.42 Å². The van der Waals surface area contributed by atoms with Crippen LogP contribution >= 0.6 is 0 Å². The lowest BCUT2D eigenvalue weighted by atomic mass is 10.2. The van der Waals surface area contributed by atoms with Crippen molar-refractivity contribution in [3.63, 3.8) is 0 Å². The molecule has 6 nitrogen and oxygen atoms in total. The van der Waals surface area contributed by atoms with Crippen LogP contribution in [0, 0.1) is 0 Å². The summed E-state index contributed by atoms with van der Waals surface area (Å²) in [5.41, 5.74) is 7.49. The molecule has 0 spiro atoms. The van der Waals surface area contributed by atoms with Gasteiger partial charge in [-0.2, -0.15) is 5.10 Å². The van der Waals surface area contributed by atoms with Crippen LogP contribution in [0.15, 0.2) is 48.7 Å². The van der Waals surface area contributed by atoms with Gasteiger partial charge in [0.2, 0.25) is 5.91 Å². The number of primary amides is 1. The van der Waals surface area contributed by atoms with Crippen LogP contribution < -0.4 is 5.73 Å². The van der Waals surface area contributed by atoms with Crippen molar-refractivity contribution in [3.8, 4) is 11.5 Å². The predicted molar refractivity (Wildman–Crippen MR) is 90.2 cm³/mol. The zero-order valence-electron chi connectivity index (χ0n) is 13.3. The van der Waals surface area contributed by atoms with E-state index >= 15 is 0 Å². The Morgan fingerprint density at radius 3 is 2.67 bits per heavy atom. The van der Waals surface area contributed by atoms with Crippen LogP contribution in [-0.4, -0.2) is 25.2 Å². The first-order valence-corrected chi connectivity index (χ1v) is 8.14. The van der Waals surface area contributed by atoms with E-state index in [1.807, 2.05) is 28.9 Å². The van der Waals surface area contributed by atoms with Crippen molar-refractivity contribution < 1.29 is 4.79 Å². The van der Waals surface area contributed by atoms with E-state index in [1.54, 1.807) is 0 Å². The van der Waals surface area contributed by atoms with Crippen molar-refractivity contribution in [1.82, 2.24) is 19.3 Å². The minimum absolute atomic E-state index is 0.0545. The molecule has 0 aliphatic heterocycles. The van der Waals surface area contributed by atoms with Crippen molar-refractivity contribution in [2.75, 3.05) is 0 Å². The summed E-state index contributed by atoms with van der Waals surface area (Å²) < 4.78 is 4.11. The Hall–Kier alpha value is -2.89. The van der Waals surface area contributed by atoms with Crippen LogP contribution in [0.3, 0.4) is 0 Å². The quantitative estimate of drug-likeness (QED) is 0.755. The van der Waals surface area contributed by atoms with Crippen LogP contribution in [0.25, 0.3) is 11.5 Å². The minimum atomic E-state index is -0.420. The molecular formula is C18H19N5O. The number of hydrogen-bond acceptors (Lipinski definition) is 3. The van der Waals surface area contributed by atoms with Gasteiger partial charge in [-0.1, -0.05) is 30.3 Å². The van der Waals surface area contributed by atoms with Gasteiger partial charge in [0.05, 0.1) is 18.7 Å². The molecule has 0 unspecified atom stereocenters. The fraction of sp³-hybridized carbons (Fsp3) is 0.278. The number of carbonyl (C=O) groups excluding carboxylic acids is 1. The fourth-order valence-electron chi connectivity index (χ4n) is 2.93. The summed E-state index contributed by atoms with van der Waals surface area (Å²) in [6, 6.07) is 14.7. The Morgan fingerprint density at radius 2 is 1.96 bits per heavy atom. The summed E-state index contributed by atoms with van der Waals surface area (Å²) in [6.45, 7) is 0.609. The van der Waals surface area contributed by atoms with Gasteiger partial charge in [0.1, 0.15) is 0 Å². The molecule has 6 heteroatoms. The lowest BCUT2D eigenvalue weighted by Crippen LogP contribution is -2.15. The number of nitrogens with two attached hydrogens (primary N) is 1. The third-order valence-corrected chi connectivity index (χ3v) is 4.17. The molecule has 1 aromatic carbocycles. The first-order chi connectivity index (χ1) is 11.7. The second kappa shape index (κ2) is 5.96. The molecule has 1 amide bonds. The lowest BCUT2D eigenvalue weighted by Gasteiger charge is -2.09. The number of rotatable bonds is 6. The maximum Gasteiger partial charge on any atom is 0.225 e. The van der Waals surface area contributed by atoms with Gasteiger partial charge >= 0.3 is 0 Å². The Morgan fingerprint density at radius 1 is 1.17 bits per heavy atom. The van der Waals surface area contributed by atoms with E-state index < -0.39 is 5.91 Å². The molecule has 122 valence electrons. The number of amides is 1. The van der Waals surface area contributed by atoms with Gasteiger partial charge in [-0.15, -0.1) is 0 Å². The molecule has 1 aliphatic rings. The molecule has 0 atom stereocenters. The molecule has 1 saturated carbocycles. The van der Waals surface area contributed by atoms with Gasteiger partial charge in [0.15, 0.2) is 11.6 Å². The second-order valence-electron chi connectivity index (χ2n) is 6.17. The maximum absolute atomic E-state index is 11.2. The van der Waals surface area contributed by atoms with Gasteiger partial charge in [-0.3, -0.25) is 4.79 Å². The Bertz CT molecular complexity index is 861. The zero-order valence-corrected chi connectivity index (χ0v) is 13.3. The number of carbonyl (C=O) groups is 1. The van der Waals surface area contributed by atoms with Crippen LogP contribution in [0.2, 0.25) is 0 Å². The summed E-state index contributed by atoms with van der Waals surface area (Å²) in [6.07, 6.45) is 4.53. The van der Waals surface area contributed by atoms with Gasteiger partial charge in [0.25, 0.3) is 0 Å². The van der Waals surface area contributed by atoms with Crippen LogP contribution in [0.5, 0.6) is 0 Å². The van der Waals surface area contributed by atoms with Crippen molar-refractivity contribution in [2.45, 2.75) is 31.8 Å². The number of aromatic nitrogens is 4. The molecule has 3 aromatic rings. The highest BCUT2D eigenvalue weighted by atomic mass is 16.1. The van der Waals surface area contributed by atoms with Gasteiger partial charge in [0, 0.05) is 12.2 Å². The highest BCUT2D eigenvalue weighted by molar-refractivity contribution is 5.75. The van der Waals surface area contributed by atoms with Crippen LogP contribution in [0.1, 0.15) is 30.3 Å². The molecule has 2 aromatic heterocycles. The van der Waals surface area contributed by atoms with E-state index in [9.17, 15) is 4.79 Å². The Labute approximate surface area is 139 Å². The van der Waals surface area contributed by atoms with Gasteiger partial charge in [-0.05, 0) is 30.5 Å². The molecule has 1 aliphatic carbocycles. The average Bonchev–Trinajstić information content (AvgIpc) is 3.16. The SMILES string of the molecule is NC(=O)Cc1nc(-c2cccn2C2CC2)n(Cc2ccccc2)n1. The highest BCUT2D eigenvalue weighted by Crippen LogP contribution is 2.38. The fourth-order valence-corrected chi connectivity index (χ4v) is 2.93. The zero-order chi connectivity index (χ0) is 16.5. The molecule has 24 heavy (non-hydrogen) atoms. The first-order valence-electron chi connectivity index (χ1n) is 8.14. The largest absolute Gasteiger partial charge is 0.369 e. The summed E-state index contributed by atoms with van der Waals surface area (Å²) >= 11 is 0. The minimum Gasteiger partial charge on any atom is -0.369 e. The summed E-state index contributed by atoms with van der Waals surface area (Å²) in [7, 11) is 0. The number of hydrogen-bond donors (Lipinski definition) is 1. The molecule has 1 fully saturated rings. The van der Waals surface area contributed by atoms with Crippen LogP contribution in [-0.2, 0) is 17.8 Å². The Balaban J connectivity index is 1.74.